The Hall–Kier alpha value is -2.89. The third kappa shape index (κ3) is 6.34. The summed E-state index contributed by atoms with van der Waals surface area (Å²) in [7, 11) is 0. The first-order chi connectivity index (χ1) is 15.8. The van der Waals surface area contributed by atoms with Gasteiger partial charge in [0.15, 0.2) is 15.8 Å². The van der Waals surface area contributed by atoms with Gasteiger partial charge < -0.3 is 14.6 Å². The summed E-state index contributed by atoms with van der Waals surface area (Å²) in [5.74, 6) is -1.05. The van der Waals surface area contributed by atoms with Gasteiger partial charge in [0.05, 0.1) is 30.1 Å². The maximum absolute atomic E-state index is 12.9. The van der Waals surface area contributed by atoms with Crippen molar-refractivity contribution in [2.75, 3.05) is 13.2 Å². The monoisotopic (exact) mass is 550 g/mol. The zero-order chi connectivity index (χ0) is 24.0. The van der Waals surface area contributed by atoms with Gasteiger partial charge in [-0.3, -0.25) is 19.8 Å². The molecule has 0 unspecified atom stereocenters. The zero-order valence-electron chi connectivity index (χ0n) is 17.4. The summed E-state index contributed by atoms with van der Waals surface area (Å²) in [5.41, 5.74) is 3.57. The Bertz CT molecular complexity index is 1140. The largest absolute Gasteiger partial charge is 0.490 e. The van der Waals surface area contributed by atoms with E-state index in [2.05, 4.69) is 21.4 Å². The number of carboxylic acid groups (broad SMARTS) is 1. The summed E-state index contributed by atoms with van der Waals surface area (Å²) in [6.07, 6.45) is 1.49. The van der Waals surface area contributed by atoms with Crippen molar-refractivity contribution in [2.24, 2.45) is 0 Å². The molecular weight excluding hydrogens is 532 g/mol. The first-order valence-electron chi connectivity index (χ1n) is 9.75. The highest BCUT2D eigenvalue weighted by molar-refractivity contribution is 9.10. The van der Waals surface area contributed by atoms with Gasteiger partial charge in [0.1, 0.15) is 0 Å². The second-order valence-electron chi connectivity index (χ2n) is 6.57. The predicted molar refractivity (Wildman–Crippen MR) is 132 cm³/mol. The molecule has 0 atom stereocenters. The number of hydrogen-bond donors (Lipinski definition) is 2. The topological polar surface area (TPSA) is 105 Å². The van der Waals surface area contributed by atoms with Crippen LogP contribution < -0.4 is 14.9 Å². The van der Waals surface area contributed by atoms with E-state index in [-0.39, 0.29) is 17.3 Å². The molecule has 2 aromatic rings. The van der Waals surface area contributed by atoms with E-state index in [4.69, 9.17) is 26.8 Å². The molecule has 1 aliphatic rings. The summed E-state index contributed by atoms with van der Waals surface area (Å²) in [5, 5.41) is 9.81. The number of halogens is 1. The Morgan fingerprint density at radius 3 is 2.67 bits per heavy atom. The van der Waals surface area contributed by atoms with E-state index in [1.807, 2.05) is 6.92 Å². The van der Waals surface area contributed by atoms with Crippen LogP contribution in [0.3, 0.4) is 0 Å². The molecule has 2 aromatic carbocycles. The van der Waals surface area contributed by atoms with Crippen LogP contribution in [0.2, 0.25) is 0 Å². The summed E-state index contributed by atoms with van der Waals surface area (Å²) >= 11 is 9.66. The molecule has 3 rings (SSSR count). The van der Waals surface area contributed by atoms with E-state index >= 15 is 0 Å². The van der Waals surface area contributed by atoms with Crippen molar-refractivity contribution in [3.63, 3.8) is 0 Å². The number of hydrazine groups is 1. The number of carbonyl (C=O) groups excluding carboxylic acids is 2. The molecule has 33 heavy (non-hydrogen) atoms. The molecule has 0 aliphatic carbocycles. The lowest BCUT2D eigenvalue weighted by atomic mass is 10.2. The lowest BCUT2D eigenvalue weighted by Crippen LogP contribution is -2.44. The Morgan fingerprint density at radius 1 is 1.21 bits per heavy atom. The minimum atomic E-state index is -0.960. The van der Waals surface area contributed by atoms with Crippen molar-refractivity contribution in [1.82, 2.24) is 10.4 Å². The Morgan fingerprint density at radius 2 is 1.97 bits per heavy atom. The van der Waals surface area contributed by atoms with E-state index in [1.165, 1.54) is 0 Å². The lowest BCUT2D eigenvalue weighted by Gasteiger charge is -2.16. The van der Waals surface area contributed by atoms with E-state index in [1.54, 1.807) is 48.5 Å². The number of ether oxygens (including phenoxy) is 2. The molecule has 0 saturated carbocycles. The maximum atomic E-state index is 12.9. The lowest BCUT2D eigenvalue weighted by molar-refractivity contribution is -0.137. The molecule has 1 fully saturated rings. The number of thioether (sulfide) groups is 1. The Balaban J connectivity index is 1.76. The van der Waals surface area contributed by atoms with E-state index in [0.717, 1.165) is 16.8 Å². The van der Waals surface area contributed by atoms with Crippen LogP contribution in [0.15, 0.2) is 51.8 Å². The summed E-state index contributed by atoms with van der Waals surface area (Å²) in [6, 6.07) is 11.9. The number of amides is 2. The maximum Gasteiger partial charge on any atom is 0.306 e. The first-order valence-corrected chi connectivity index (χ1v) is 11.8. The minimum absolute atomic E-state index is 0.00460. The smallest absolute Gasteiger partial charge is 0.306 e. The van der Waals surface area contributed by atoms with Gasteiger partial charge in [0.25, 0.3) is 11.8 Å². The molecule has 2 amide bonds. The quantitative estimate of drug-likeness (QED) is 0.352. The van der Waals surface area contributed by atoms with Crippen LogP contribution in [0.25, 0.3) is 6.08 Å². The molecule has 1 aliphatic heterocycles. The van der Waals surface area contributed by atoms with Crippen LogP contribution in [0.1, 0.15) is 29.3 Å². The molecule has 1 heterocycles. The van der Waals surface area contributed by atoms with Crippen molar-refractivity contribution in [3.8, 4) is 11.5 Å². The summed E-state index contributed by atoms with van der Waals surface area (Å²) in [4.78, 5) is 36.5. The van der Waals surface area contributed by atoms with Gasteiger partial charge in [0.2, 0.25) is 0 Å². The van der Waals surface area contributed by atoms with Crippen LogP contribution in [-0.4, -0.2) is 45.4 Å². The molecule has 2 N–H and O–H groups in total. The average molecular weight is 551 g/mol. The molecule has 1 saturated heterocycles. The van der Waals surface area contributed by atoms with Crippen molar-refractivity contribution >= 4 is 68.1 Å². The van der Waals surface area contributed by atoms with Gasteiger partial charge in [-0.1, -0.05) is 30.0 Å². The van der Waals surface area contributed by atoms with Crippen molar-refractivity contribution in [3.05, 3.63) is 63.0 Å². The van der Waals surface area contributed by atoms with Gasteiger partial charge in [-0.05, 0) is 71.0 Å². The van der Waals surface area contributed by atoms with Crippen LogP contribution in [0, 0.1) is 0 Å². The van der Waals surface area contributed by atoms with Gasteiger partial charge in [-0.25, -0.2) is 0 Å². The zero-order valence-corrected chi connectivity index (χ0v) is 20.6. The van der Waals surface area contributed by atoms with Crippen molar-refractivity contribution in [2.45, 2.75) is 13.3 Å². The standard InChI is InChI=1S/C22H19BrN2O6S2/c1-2-30-17-11-13(7-8-16(17)31-10-9-19(26)27)12-18-21(29)25(22(32)33-18)24-20(28)14-5-3-4-6-15(14)23/h3-8,11-12H,2,9-10H2,1H3,(H,24,28)(H,26,27)/b18-12+. The fourth-order valence-electron chi connectivity index (χ4n) is 2.77. The second kappa shape index (κ2) is 11.3. The van der Waals surface area contributed by atoms with E-state index < -0.39 is 17.8 Å². The number of carbonyl (C=O) groups is 3. The Labute approximate surface area is 208 Å². The number of hydrogen-bond acceptors (Lipinski definition) is 7. The molecule has 0 bridgehead atoms. The van der Waals surface area contributed by atoms with Gasteiger partial charge in [-0.15, -0.1) is 0 Å². The van der Waals surface area contributed by atoms with Gasteiger partial charge >= 0.3 is 5.97 Å². The Kier molecular flexibility index (Phi) is 8.48. The van der Waals surface area contributed by atoms with Crippen LogP contribution >= 0.6 is 39.9 Å². The molecule has 172 valence electrons. The second-order valence-corrected chi connectivity index (χ2v) is 9.10. The molecule has 0 spiro atoms. The highest BCUT2D eigenvalue weighted by Crippen LogP contribution is 2.34. The third-order valence-corrected chi connectivity index (χ3v) is 6.26. The fraction of sp³-hybridized carbons (Fsp3) is 0.182. The molecule has 11 heteroatoms. The van der Waals surface area contributed by atoms with Crippen LogP contribution in [0.5, 0.6) is 11.5 Å². The molecule has 8 nitrogen and oxygen atoms in total. The summed E-state index contributed by atoms with van der Waals surface area (Å²) < 4.78 is 11.9. The van der Waals surface area contributed by atoms with Crippen LogP contribution in [-0.2, 0) is 9.59 Å². The van der Waals surface area contributed by atoms with Crippen molar-refractivity contribution in [1.29, 1.82) is 0 Å². The van der Waals surface area contributed by atoms with Crippen molar-refractivity contribution < 1.29 is 29.0 Å². The number of nitrogens with zero attached hydrogens (tertiary/aromatic N) is 1. The number of benzene rings is 2. The number of carboxylic acids is 1. The first kappa shape index (κ1) is 24.7. The van der Waals surface area contributed by atoms with E-state index in [9.17, 15) is 14.4 Å². The number of thiocarbonyl (C=S) groups is 1. The van der Waals surface area contributed by atoms with Gasteiger partial charge in [0, 0.05) is 4.47 Å². The molecular formula is C22H19BrN2O6S2. The minimum Gasteiger partial charge on any atom is -0.490 e. The van der Waals surface area contributed by atoms with Crippen LogP contribution in [0.4, 0.5) is 0 Å². The fourth-order valence-corrected chi connectivity index (χ4v) is 4.42. The molecule has 0 radical (unpaired) electrons. The van der Waals surface area contributed by atoms with E-state index in [0.29, 0.717) is 38.6 Å². The SMILES string of the molecule is CCOc1cc(/C=C2/SC(=S)N(NC(=O)c3ccccc3Br)C2=O)ccc1OCCC(=O)O. The highest BCUT2D eigenvalue weighted by Gasteiger charge is 2.34. The number of rotatable bonds is 9. The number of aliphatic carboxylic acids is 1. The number of nitrogens with one attached hydrogen (secondary N) is 1. The predicted octanol–water partition coefficient (Wildman–Crippen LogP) is 4.25. The highest BCUT2D eigenvalue weighted by atomic mass is 79.9. The molecule has 0 aromatic heterocycles. The normalized spacial score (nSPS) is 14.5. The summed E-state index contributed by atoms with van der Waals surface area (Å²) in [6.45, 7) is 2.19. The van der Waals surface area contributed by atoms with Gasteiger partial charge in [-0.2, -0.15) is 5.01 Å². The average Bonchev–Trinajstić information content (AvgIpc) is 3.02. The third-order valence-electron chi connectivity index (χ3n) is 4.26.